The summed E-state index contributed by atoms with van der Waals surface area (Å²) in [7, 11) is 0. The van der Waals surface area contributed by atoms with Gasteiger partial charge in [0.05, 0.1) is 12.3 Å². The molecule has 1 aliphatic rings. The molecule has 0 aromatic rings. The third-order valence-electron chi connectivity index (χ3n) is 2.54. The van der Waals surface area contributed by atoms with Crippen LogP contribution in [0.5, 0.6) is 0 Å². The van der Waals surface area contributed by atoms with Gasteiger partial charge in [-0.25, -0.2) is 0 Å². The fraction of sp³-hybridized carbons (Fsp3) is 0.800. The fourth-order valence-electron chi connectivity index (χ4n) is 1.75. The Morgan fingerprint density at radius 3 is 2.87 bits per heavy atom. The summed E-state index contributed by atoms with van der Waals surface area (Å²) >= 11 is 0. The molecular weight excluding hydrogens is 196 g/mol. The molecule has 2 atom stereocenters. The van der Waals surface area contributed by atoms with Crippen LogP contribution in [0.1, 0.15) is 26.2 Å². The fourth-order valence-corrected chi connectivity index (χ4v) is 1.75. The molecule has 1 saturated heterocycles. The first-order chi connectivity index (χ1) is 7.09. The van der Waals surface area contributed by atoms with Crippen molar-refractivity contribution in [2.45, 2.75) is 32.2 Å². The minimum Gasteiger partial charge on any atom is -0.481 e. The van der Waals surface area contributed by atoms with Crippen molar-refractivity contribution in [2.24, 2.45) is 5.92 Å². The summed E-state index contributed by atoms with van der Waals surface area (Å²) < 4.78 is 0. The second kappa shape index (κ2) is 5.70. The lowest BCUT2D eigenvalue weighted by atomic mass is 9.98. The molecule has 5 nitrogen and oxygen atoms in total. The van der Waals surface area contributed by atoms with E-state index in [-0.39, 0.29) is 24.3 Å². The Morgan fingerprint density at radius 2 is 2.33 bits per heavy atom. The number of piperidine rings is 1. The van der Waals surface area contributed by atoms with Crippen LogP contribution in [0.3, 0.4) is 0 Å². The predicted octanol–water partition coefficient (Wildman–Crippen LogP) is -0.0346. The molecular formula is C10H18N2O3. The van der Waals surface area contributed by atoms with E-state index < -0.39 is 5.97 Å². The molecule has 1 amide bonds. The number of carbonyl (C=O) groups excluding carboxylic acids is 1. The van der Waals surface area contributed by atoms with Crippen molar-refractivity contribution in [3.05, 3.63) is 0 Å². The van der Waals surface area contributed by atoms with E-state index in [1.54, 1.807) is 6.92 Å². The van der Waals surface area contributed by atoms with Crippen LogP contribution in [0, 0.1) is 5.92 Å². The topological polar surface area (TPSA) is 78.4 Å². The van der Waals surface area contributed by atoms with Gasteiger partial charge in [0.25, 0.3) is 0 Å². The number of hydrogen-bond donors (Lipinski definition) is 3. The minimum absolute atomic E-state index is 0.00463. The van der Waals surface area contributed by atoms with Crippen LogP contribution in [0.2, 0.25) is 0 Å². The Bertz CT molecular complexity index is 237. The number of amides is 1. The van der Waals surface area contributed by atoms with Crippen molar-refractivity contribution in [3.63, 3.8) is 0 Å². The maximum atomic E-state index is 11.6. The largest absolute Gasteiger partial charge is 0.481 e. The summed E-state index contributed by atoms with van der Waals surface area (Å²) in [5, 5.41) is 14.4. The van der Waals surface area contributed by atoms with Gasteiger partial charge < -0.3 is 15.7 Å². The lowest BCUT2D eigenvalue weighted by molar-refractivity contribution is -0.137. The van der Waals surface area contributed by atoms with Gasteiger partial charge in [-0.3, -0.25) is 9.59 Å². The van der Waals surface area contributed by atoms with Gasteiger partial charge in [0.15, 0.2) is 0 Å². The summed E-state index contributed by atoms with van der Waals surface area (Å²) in [6.07, 6.45) is 1.87. The predicted molar refractivity (Wildman–Crippen MR) is 55.5 cm³/mol. The number of carboxylic acids is 1. The van der Waals surface area contributed by atoms with E-state index in [1.807, 2.05) is 0 Å². The van der Waals surface area contributed by atoms with Crippen molar-refractivity contribution in [1.82, 2.24) is 10.6 Å². The van der Waals surface area contributed by atoms with Gasteiger partial charge in [-0.05, 0) is 26.3 Å². The zero-order valence-corrected chi connectivity index (χ0v) is 8.95. The van der Waals surface area contributed by atoms with E-state index >= 15 is 0 Å². The highest BCUT2D eigenvalue weighted by Gasteiger charge is 2.22. The van der Waals surface area contributed by atoms with Gasteiger partial charge in [0.1, 0.15) is 0 Å². The molecule has 0 saturated carbocycles. The molecule has 0 aliphatic carbocycles. The number of carbonyl (C=O) groups is 2. The number of aliphatic carboxylic acids is 1. The highest BCUT2D eigenvalue weighted by atomic mass is 16.4. The third-order valence-corrected chi connectivity index (χ3v) is 2.54. The molecule has 1 fully saturated rings. The van der Waals surface area contributed by atoms with Gasteiger partial charge in [-0.15, -0.1) is 0 Å². The normalized spacial score (nSPS) is 23.1. The Kier molecular flexibility index (Phi) is 4.55. The Morgan fingerprint density at radius 1 is 1.60 bits per heavy atom. The summed E-state index contributed by atoms with van der Waals surface area (Å²) in [4.78, 5) is 22.0. The zero-order valence-electron chi connectivity index (χ0n) is 8.95. The van der Waals surface area contributed by atoms with Crippen molar-refractivity contribution in [1.29, 1.82) is 0 Å². The molecule has 3 N–H and O–H groups in total. The van der Waals surface area contributed by atoms with Crippen LogP contribution in [0.15, 0.2) is 0 Å². The summed E-state index contributed by atoms with van der Waals surface area (Å²) in [6.45, 7) is 3.38. The quantitative estimate of drug-likeness (QED) is 0.614. The van der Waals surface area contributed by atoms with Crippen LogP contribution in [-0.4, -0.2) is 36.1 Å². The van der Waals surface area contributed by atoms with Gasteiger partial charge in [0, 0.05) is 12.6 Å². The molecule has 5 heteroatoms. The molecule has 0 radical (unpaired) electrons. The molecule has 0 aromatic carbocycles. The molecule has 15 heavy (non-hydrogen) atoms. The Balaban J connectivity index is 2.30. The van der Waals surface area contributed by atoms with Gasteiger partial charge >= 0.3 is 5.97 Å². The first kappa shape index (κ1) is 12.0. The summed E-state index contributed by atoms with van der Waals surface area (Å²) in [5.41, 5.74) is 0. The van der Waals surface area contributed by atoms with Gasteiger partial charge in [-0.2, -0.15) is 0 Å². The second-order valence-corrected chi connectivity index (χ2v) is 4.05. The lowest BCUT2D eigenvalue weighted by Crippen LogP contribution is -2.44. The molecule has 86 valence electrons. The number of nitrogens with one attached hydrogen (secondary N) is 2. The van der Waals surface area contributed by atoms with E-state index in [1.165, 1.54) is 0 Å². The van der Waals surface area contributed by atoms with Crippen LogP contribution < -0.4 is 10.6 Å². The smallest absolute Gasteiger partial charge is 0.305 e. The molecule has 0 bridgehead atoms. The van der Waals surface area contributed by atoms with Gasteiger partial charge in [-0.1, -0.05) is 0 Å². The highest BCUT2D eigenvalue weighted by Crippen LogP contribution is 2.10. The first-order valence-corrected chi connectivity index (χ1v) is 5.32. The van der Waals surface area contributed by atoms with E-state index in [4.69, 9.17) is 5.11 Å². The van der Waals surface area contributed by atoms with Crippen LogP contribution in [-0.2, 0) is 9.59 Å². The number of carboxylic acid groups (broad SMARTS) is 1. The van der Waals surface area contributed by atoms with E-state index in [9.17, 15) is 9.59 Å². The monoisotopic (exact) mass is 214 g/mol. The molecule has 0 aromatic heterocycles. The maximum absolute atomic E-state index is 11.6. The van der Waals surface area contributed by atoms with Crippen molar-refractivity contribution >= 4 is 11.9 Å². The molecule has 1 aliphatic heterocycles. The molecule has 1 rings (SSSR count). The average Bonchev–Trinajstić information content (AvgIpc) is 2.17. The highest BCUT2D eigenvalue weighted by molar-refractivity contribution is 5.80. The van der Waals surface area contributed by atoms with E-state index in [0.717, 1.165) is 19.4 Å². The van der Waals surface area contributed by atoms with Crippen LogP contribution in [0.25, 0.3) is 0 Å². The molecule has 1 heterocycles. The van der Waals surface area contributed by atoms with Crippen molar-refractivity contribution < 1.29 is 14.7 Å². The van der Waals surface area contributed by atoms with Crippen molar-refractivity contribution in [2.75, 3.05) is 13.1 Å². The third kappa shape index (κ3) is 4.29. The van der Waals surface area contributed by atoms with Crippen molar-refractivity contribution in [3.8, 4) is 0 Å². The van der Waals surface area contributed by atoms with Crippen LogP contribution in [0.4, 0.5) is 0 Å². The number of hydrogen-bond acceptors (Lipinski definition) is 3. The minimum atomic E-state index is -0.885. The Labute approximate surface area is 89.2 Å². The summed E-state index contributed by atoms with van der Waals surface area (Å²) in [5.74, 6) is -0.921. The Hall–Kier alpha value is -1.10. The molecule has 2 unspecified atom stereocenters. The standard InChI is InChI=1S/C10H18N2O3/c1-7(5-9(13)14)12-10(15)8-3-2-4-11-6-8/h7-8,11H,2-6H2,1H3,(H,12,15)(H,13,14). The lowest BCUT2D eigenvalue weighted by Gasteiger charge is -2.23. The van der Waals surface area contributed by atoms with Crippen LogP contribution >= 0.6 is 0 Å². The second-order valence-electron chi connectivity index (χ2n) is 4.05. The zero-order chi connectivity index (χ0) is 11.3. The van der Waals surface area contributed by atoms with Gasteiger partial charge in [0.2, 0.25) is 5.91 Å². The number of rotatable bonds is 4. The maximum Gasteiger partial charge on any atom is 0.305 e. The first-order valence-electron chi connectivity index (χ1n) is 5.32. The SMILES string of the molecule is CC(CC(=O)O)NC(=O)C1CCCNC1. The van der Waals surface area contributed by atoms with E-state index in [2.05, 4.69) is 10.6 Å². The average molecular weight is 214 g/mol. The summed E-state index contributed by atoms with van der Waals surface area (Å²) in [6, 6.07) is -0.295. The van der Waals surface area contributed by atoms with E-state index in [0.29, 0.717) is 6.54 Å². The molecule has 0 spiro atoms.